The number of benzene rings is 2. The summed E-state index contributed by atoms with van der Waals surface area (Å²) in [6, 6.07) is 10.3. The molecule has 0 atom stereocenters. The first-order chi connectivity index (χ1) is 16.2. The van der Waals surface area contributed by atoms with Gasteiger partial charge in [0.05, 0.1) is 19.0 Å². The van der Waals surface area contributed by atoms with Crippen molar-refractivity contribution in [1.82, 2.24) is 14.9 Å². The Labute approximate surface area is 205 Å². The van der Waals surface area contributed by atoms with Crippen LogP contribution in [-0.2, 0) is 24.0 Å². The molecule has 0 aliphatic carbocycles. The fraction of sp³-hybridized carbons (Fsp3) is 0.360. The molecule has 1 aromatic heterocycles. The van der Waals surface area contributed by atoms with E-state index in [2.05, 4.69) is 45.3 Å². The Morgan fingerprint density at radius 3 is 2.65 bits per heavy atom. The van der Waals surface area contributed by atoms with E-state index < -0.39 is 7.14 Å². The van der Waals surface area contributed by atoms with E-state index in [1.54, 1.807) is 26.6 Å². The first-order valence-electron chi connectivity index (χ1n) is 11.4. The first-order valence-corrected chi connectivity index (χ1v) is 14.3. The smallest absolute Gasteiger partial charge is 0.229 e. The van der Waals surface area contributed by atoms with Crippen LogP contribution in [0, 0.1) is 0 Å². The maximum atomic E-state index is 12.5. The Balaban J connectivity index is 1.46. The molecular weight excluding hydrogens is 469 g/mol. The van der Waals surface area contributed by atoms with Gasteiger partial charge in [-0.25, -0.2) is 4.98 Å². The molecule has 3 aromatic rings. The molecule has 0 saturated heterocycles. The van der Waals surface area contributed by atoms with E-state index >= 15 is 0 Å². The lowest BCUT2D eigenvalue weighted by atomic mass is 9.99. The third-order valence-corrected chi connectivity index (χ3v) is 8.32. The molecule has 9 heteroatoms. The van der Waals surface area contributed by atoms with Gasteiger partial charge in [-0.3, -0.25) is 0 Å². The quantitative estimate of drug-likeness (QED) is 0.507. The molecule has 1 N–H and O–H groups in total. The second-order valence-electron chi connectivity index (χ2n) is 9.36. The van der Waals surface area contributed by atoms with Gasteiger partial charge >= 0.3 is 0 Å². The third-order valence-electron chi connectivity index (χ3n) is 6.53. The van der Waals surface area contributed by atoms with Crippen LogP contribution in [0.2, 0.25) is 5.02 Å². The molecule has 0 radical (unpaired) electrons. The molecule has 3 heterocycles. The van der Waals surface area contributed by atoms with Gasteiger partial charge in [0.15, 0.2) is 5.82 Å². The first kappa shape index (κ1) is 23.2. The molecule has 0 amide bonds. The summed E-state index contributed by atoms with van der Waals surface area (Å²) in [5.74, 6) is 1.88. The van der Waals surface area contributed by atoms with Crippen molar-refractivity contribution in [3.8, 4) is 5.75 Å². The van der Waals surface area contributed by atoms with Gasteiger partial charge in [0.1, 0.15) is 17.9 Å². The molecule has 5 rings (SSSR count). The van der Waals surface area contributed by atoms with Crippen LogP contribution >= 0.6 is 18.7 Å². The second kappa shape index (κ2) is 8.88. The summed E-state index contributed by atoms with van der Waals surface area (Å²) in [4.78, 5) is 13.6. The van der Waals surface area contributed by atoms with Crippen LogP contribution in [0.15, 0.2) is 36.5 Å². The number of ether oxygens (including phenoxy) is 1. The van der Waals surface area contributed by atoms with Crippen molar-refractivity contribution in [2.75, 3.05) is 50.8 Å². The highest BCUT2D eigenvalue weighted by atomic mass is 35.5. The van der Waals surface area contributed by atoms with Crippen molar-refractivity contribution >= 4 is 47.2 Å². The number of hydrogen-bond donors (Lipinski definition) is 1. The standard InChI is InChI=1S/C25H29ClN5O2P/c1-30-9-7-16-13-23(33-2)21(12-18(16)15-30)28-25-27-14-20(26)24(29-25)31-10-8-17-11-19(34(3,4)32)5-6-22(17)31/h5-6,11-14H,7-10,15H2,1-4H3,(H,27,28,29). The number of hydrogen-bond acceptors (Lipinski definition) is 7. The maximum Gasteiger partial charge on any atom is 0.229 e. The van der Waals surface area contributed by atoms with E-state index in [-0.39, 0.29) is 0 Å². The van der Waals surface area contributed by atoms with Crippen molar-refractivity contribution in [2.45, 2.75) is 19.4 Å². The van der Waals surface area contributed by atoms with E-state index in [9.17, 15) is 4.57 Å². The van der Waals surface area contributed by atoms with Crippen LogP contribution in [0.1, 0.15) is 16.7 Å². The number of methoxy groups -OCH3 is 1. The maximum absolute atomic E-state index is 12.5. The molecule has 34 heavy (non-hydrogen) atoms. The molecule has 2 aliphatic heterocycles. The number of anilines is 4. The van der Waals surface area contributed by atoms with E-state index in [1.165, 1.54) is 11.1 Å². The lowest BCUT2D eigenvalue weighted by molar-refractivity contribution is 0.312. The zero-order valence-electron chi connectivity index (χ0n) is 19.9. The van der Waals surface area contributed by atoms with Crippen LogP contribution in [-0.4, -0.2) is 55.4 Å². The van der Waals surface area contributed by atoms with E-state index in [4.69, 9.17) is 21.3 Å². The summed E-state index contributed by atoms with van der Waals surface area (Å²) in [6.07, 6.45) is 3.48. The van der Waals surface area contributed by atoms with Gasteiger partial charge in [-0.2, -0.15) is 4.98 Å². The predicted octanol–water partition coefficient (Wildman–Crippen LogP) is 4.81. The summed E-state index contributed by atoms with van der Waals surface area (Å²) in [5, 5.41) is 4.73. The highest BCUT2D eigenvalue weighted by Crippen LogP contribution is 2.41. The average molecular weight is 498 g/mol. The Kier molecular flexibility index (Phi) is 6.05. The molecule has 0 fully saturated rings. The van der Waals surface area contributed by atoms with Gasteiger partial charge in [0, 0.05) is 30.6 Å². The monoisotopic (exact) mass is 497 g/mol. The molecule has 2 aromatic carbocycles. The topological polar surface area (TPSA) is 70.6 Å². The zero-order valence-corrected chi connectivity index (χ0v) is 21.6. The van der Waals surface area contributed by atoms with Gasteiger partial charge in [0.2, 0.25) is 5.95 Å². The number of likely N-dealkylation sites (N-methyl/N-ethyl adjacent to an activating group) is 1. The Bertz CT molecular complexity index is 1310. The fourth-order valence-corrected chi connectivity index (χ4v) is 5.76. The molecule has 7 nitrogen and oxygen atoms in total. The highest BCUT2D eigenvalue weighted by molar-refractivity contribution is 7.70. The Morgan fingerprint density at radius 1 is 1.09 bits per heavy atom. The highest BCUT2D eigenvalue weighted by Gasteiger charge is 2.26. The predicted molar refractivity (Wildman–Crippen MR) is 140 cm³/mol. The number of aromatic nitrogens is 2. The molecule has 0 bridgehead atoms. The SMILES string of the molecule is COc1cc2c(cc1Nc1ncc(Cl)c(N3CCc4cc(P(C)(C)=O)ccc43)n1)CN(C)CC2. The van der Waals surface area contributed by atoms with Gasteiger partial charge in [-0.1, -0.05) is 11.6 Å². The number of nitrogens with zero attached hydrogens (tertiary/aromatic N) is 4. The van der Waals surface area contributed by atoms with Crippen molar-refractivity contribution in [3.05, 3.63) is 58.2 Å². The van der Waals surface area contributed by atoms with Crippen molar-refractivity contribution in [1.29, 1.82) is 0 Å². The minimum atomic E-state index is -2.31. The molecule has 2 aliphatic rings. The summed E-state index contributed by atoms with van der Waals surface area (Å²) < 4.78 is 18.2. The van der Waals surface area contributed by atoms with Gasteiger partial charge in [-0.15, -0.1) is 0 Å². The van der Waals surface area contributed by atoms with Crippen LogP contribution < -0.4 is 20.3 Å². The van der Waals surface area contributed by atoms with Crippen molar-refractivity contribution in [2.24, 2.45) is 0 Å². The molecule has 0 unspecified atom stereocenters. The van der Waals surface area contributed by atoms with Crippen LogP contribution in [0.5, 0.6) is 5.75 Å². The van der Waals surface area contributed by atoms with Crippen LogP contribution in [0.3, 0.4) is 0 Å². The van der Waals surface area contributed by atoms with Crippen LogP contribution in [0.4, 0.5) is 23.1 Å². The zero-order chi connectivity index (χ0) is 24.0. The van der Waals surface area contributed by atoms with Gasteiger partial charge < -0.3 is 24.4 Å². The minimum absolute atomic E-state index is 0.457. The largest absolute Gasteiger partial charge is 0.495 e. The molecular formula is C25H29ClN5O2P. The summed E-state index contributed by atoms with van der Waals surface area (Å²) in [5.41, 5.74) is 5.62. The van der Waals surface area contributed by atoms with Crippen molar-refractivity contribution < 1.29 is 9.30 Å². The Hall–Kier alpha value is -2.60. The lowest BCUT2D eigenvalue weighted by Crippen LogP contribution is -2.26. The molecule has 0 saturated carbocycles. The minimum Gasteiger partial charge on any atom is -0.495 e. The lowest BCUT2D eigenvalue weighted by Gasteiger charge is -2.26. The van der Waals surface area contributed by atoms with E-state index in [0.29, 0.717) is 16.8 Å². The van der Waals surface area contributed by atoms with E-state index in [0.717, 1.165) is 60.5 Å². The van der Waals surface area contributed by atoms with Crippen LogP contribution in [0.25, 0.3) is 0 Å². The van der Waals surface area contributed by atoms with Crippen molar-refractivity contribution in [3.63, 3.8) is 0 Å². The number of nitrogens with one attached hydrogen (secondary N) is 1. The fourth-order valence-electron chi connectivity index (χ4n) is 4.67. The third kappa shape index (κ3) is 4.40. The normalized spacial score (nSPS) is 15.7. The summed E-state index contributed by atoms with van der Waals surface area (Å²) in [7, 11) is 1.49. The van der Waals surface area contributed by atoms with Gasteiger partial charge in [-0.05, 0) is 80.2 Å². The molecule has 178 valence electrons. The summed E-state index contributed by atoms with van der Waals surface area (Å²) in [6.45, 7) is 6.29. The number of fused-ring (bicyclic) bond motifs is 2. The number of rotatable bonds is 5. The molecule has 0 spiro atoms. The van der Waals surface area contributed by atoms with E-state index in [1.807, 2.05) is 12.1 Å². The number of halogens is 1. The summed E-state index contributed by atoms with van der Waals surface area (Å²) >= 11 is 6.55. The Morgan fingerprint density at radius 2 is 1.88 bits per heavy atom. The van der Waals surface area contributed by atoms with Gasteiger partial charge in [0.25, 0.3) is 0 Å². The average Bonchev–Trinajstić information content (AvgIpc) is 3.22. The second-order valence-corrected chi connectivity index (χ2v) is 13.0.